The van der Waals surface area contributed by atoms with Crippen LogP contribution in [0.1, 0.15) is 29.6 Å². The zero-order valence-corrected chi connectivity index (χ0v) is 16.2. The summed E-state index contributed by atoms with van der Waals surface area (Å²) in [6.07, 6.45) is 3.36. The zero-order valence-electron chi connectivity index (χ0n) is 11.7. The average Bonchev–Trinajstić information content (AvgIpc) is 2.41. The Labute approximate surface area is 147 Å². The number of ketones is 1. The summed E-state index contributed by atoms with van der Waals surface area (Å²) in [5, 5.41) is 0. The predicted molar refractivity (Wildman–Crippen MR) is 94.9 cm³/mol. The van der Waals surface area contributed by atoms with Gasteiger partial charge in [0.05, 0.1) is 6.26 Å². The van der Waals surface area contributed by atoms with E-state index in [0.717, 1.165) is 20.9 Å². The first-order valence-electron chi connectivity index (χ1n) is 6.71. The lowest BCUT2D eigenvalue weighted by molar-refractivity contribution is 0.0941. The van der Waals surface area contributed by atoms with Crippen molar-refractivity contribution in [2.24, 2.45) is 5.92 Å². The van der Waals surface area contributed by atoms with Crippen LogP contribution in [0.25, 0.3) is 0 Å². The largest absolute Gasteiger partial charge is 0.294 e. The molecule has 1 atom stereocenters. The molecule has 1 aromatic carbocycles. The maximum Gasteiger partial charge on any atom is 0.211 e. The molecule has 1 aliphatic rings. The van der Waals surface area contributed by atoms with E-state index in [1.54, 1.807) is 0 Å². The summed E-state index contributed by atoms with van der Waals surface area (Å²) in [7, 11) is -3.16. The van der Waals surface area contributed by atoms with E-state index in [0.29, 0.717) is 25.1 Å². The molecule has 0 radical (unpaired) electrons. The highest BCUT2D eigenvalue weighted by Gasteiger charge is 2.27. The number of carbonyl (C=O) groups excluding carboxylic acids is 1. The van der Waals surface area contributed by atoms with Gasteiger partial charge in [-0.1, -0.05) is 15.9 Å². The van der Waals surface area contributed by atoms with Crippen LogP contribution in [0.15, 0.2) is 22.7 Å². The van der Waals surface area contributed by atoms with Gasteiger partial charge >= 0.3 is 0 Å². The van der Waals surface area contributed by atoms with Crippen molar-refractivity contribution in [2.75, 3.05) is 19.3 Å². The lowest BCUT2D eigenvalue weighted by Crippen LogP contribution is -2.39. The van der Waals surface area contributed by atoms with Crippen LogP contribution in [0.3, 0.4) is 0 Å². The highest BCUT2D eigenvalue weighted by molar-refractivity contribution is 14.1. The molecule has 4 nitrogen and oxygen atoms in total. The van der Waals surface area contributed by atoms with E-state index in [-0.39, 0.29) is 11.7 Å². The Hall–Kier alpha value is 0.01000. The molecule has 0 bridgehead atoms. The highest BCUT2D eigenvalue weighted by Crippen LogP contribution is 2.25. The first-order valence-corrected chi connectivity index (χ1v) is 10.4. The third kappa shape index (κ3) is 4.74. The van der Waals surface area contributed by atoms with Gasteiger partial charge in [-0.2, -0.15) is 0 Å². The Kier molecular flexibility index (Phi) is 5.84. The molecule has 21 heavy (non-hydrogen) atoms. The van der Waals surface area contributed by atoms with Crippen molar-refractivity contribution in [3.8, 4) is 0 Å². The van der Waals surface area contributed by atoms with Gasteiger partial charge in [0, 0.05) is 33.1 Å². The summed E-state index contributed by atoms with van der Waals surface area (Å²) in [6.45, 7) is 1.02. The van der Waals surface area contributed by atoms with Crippen molar-refractivity contribution in [2.45, 2.75) is 19.3 Å². The third-order valence-corrected chi connectivity index (χ3v) is 6.36. The number of halogens is 2. The SMILES string of the molecule is CS(=O)(=O)N1CCCC(CC(=O)c2cc(Br)ccc2I)C1. The smallest absolute Gasteiger partial charge is 0.211 e. The minimum atomic E-state index is -3.16. The fourth-order valence-corrected chi connectivity index (χ4v) is 4.52. The van der Waals surface area contributed by atoms with E-state index in [9.17, 15) is 13.2 Å². The van der Waals surface area contributed by atoms with Crippen molar-refractivity contribution < 1.29 is 13.2 Å². The number of hydrogen-bond donors (Lipinski definition) is 0. The molecule has 1 fully saturated rings. The first kappa shape index (κ1) is 17.4. The maximum absolute atomic E-state index is 12.4. The number of benzene rings is 1. The summed E-state index contributed by atoms with van der Waals surface area (Å²) in [4.78, 5) is 12.4. The molecular formula is C14H17BrINO3S. The first-order chi connectivity index (χ1) is 9.77. The Morgan fingerprint density at radius 3 is 2.86 bits per heavy atom. The maximum atomic E-state index is 12.4. The molecule has 0 amide bonds. The molecule has 1 heterocycles. The molecule has 1 aliphatic heterocycles. The molecule has 0 saturated carbocycles. The van der Waals surface area contributed by atoms with E-state index < -0.39 is 10.0 Å². The molecular weight excluding hydrogens is 469 g/mol. The van der Waals surface area contributed by atoms with Crippen molar-refractivity contribution >= 4 is 54.3 Å². The van der Waals surface area contributed by atoms with Crippen LogP contribution < -0.4 is 0 Å². The molecule has 1 unspecified atom stereocenters. The number of Topliss-reactive ketones (excluding diaryl/α,β-unsaturated/α-hetero) is 1. The average molecular weight is 486 g/mol. The molecule has 0 aliphatic carbocycles. The van der Waals surface area contributed by atoms with E-state index >= 15 is 0 Å². The van der Waals surface area contributed by atoms with Crippen LogP contribution in [0.2, 0.25) is 0 Å². The van der Waals surface area contributed by atoms with Gasteiger partial charge in [-0.05, 0) is 59.5 Å². The Bertz CT molecular complexity index is 648. The minimum Gasteiger partial charge on any atom is -0.294 e. The van der Waals surface area contributed by atoms with Gasteiger partial charge in [0.1, 0.15) is 0 Å². The zero-order chi connectivity index (χ0) is 15.6. The third-order valence-electron chi connectivity index (χ3n) is 3.65. The normalized spacial score (nSPS) is 20.4. The number of hydrogen-bond acceptors (Lipinski definition) is 3. The van der Waals surface area contributed by atoms with Crippen LogP contribution in [0, 0.1) is 9.49 Å². The van der Waals surface area contributed by atoms with Gasteiger partial charge < -0.3 is 0 Å². The van der Waals surface area contributed by atoms with Crippen LogP contribution in [0.5, 0.6) is 0 Å². The lowest BCUT2D eigenvalue weighted by atomic mass is 9.92. The predicted octanol–water partition coefficient (Wildman–Crippen LogP) is 3.30. The minimum absolute atomic E-state index is 0.0843. The van der Waals surface area contributed by atoms with Crippen LogP contribution in [0.4, 0.5) is 0 Å². The van der Waals surface area contributed by atoms with Gasteiger partial charge in [0.15, 0.2) is 5.78 Å². The highest BCUT2D eigenvalue weighted by atomic mass is 127. The molecule has 0 aromatic heterocycles. The van der Waals surface area contributed by atoms with Gasteiger partial charge in [-0.3, -0.25) is 4.79 Å². The second kappa shape index (κ2) is 7.06. The number of rotatable bonds is 4. The summed E-state index contributed by atoms with van der Waals surface area (Å²) in [5.74, 6) is 0.191. The summed E-state index contributed by atoms with van der Waals surface area (Å²) in [5.41, 5.74) is 0.710. The van der Waals surface area contributed by atoms with E-state index in [4.69, 9.17) is 0 Å². The number of sulfonamides is 1. The molecule has 2 rings (SSSR count). The van der Waals surface area contributed by atoms with Gasteiger partial charge in [0.25, 0.3) is 0 Å². The molecule has 7 heteroatoms. The Balaban J connectivity index is 2.07. The molecule has 1 saturated heterocycles. The number of carbonyl (C=O) groups is 1. The fraction of sp³-hybridized carbons (Fsp3) is 0.500. The monoisotopic (exact) mass is 485 g/mol. The molecule has 0 N–H and O–H groups in total. The van der Waals surface area contributed by atoms with E-state index in [2.05, 4.69) is 38.5 Å². The summed E-state index contributed by atoms with van der Waals surface area (Å²) >= 11 is 5.54. The van der Waals surface area contributed by atoms with E-state index in [1.165, 1.54) is 10.6 Å². The Morgan fingerprint density at radius 1 is 1.48 bits per heavy atom. The van der Waals surface area contributed by atoms with Crippen molar-refractivity contribution in [3.63, 3.8) is 0 Å². The number of nitrogens with zero attached hydrogens (tertiary/aromatic N) is 1. The summed E-state index contributed by atoms with van der Waals surface area (Å²) < 4.78 is 26.5. The lowest BCUT2D eigenvalue weighted by Gasteiger charge is -2.30. The van der Waals surface area contributed by atoms with Crippen LogP contribution in [-0.4, -0.2) is 37.9 Å². The molecule has 0 spiro atoms. The van der Waals surface area contributed by atoms with Gasteiger partial charge in [-0.25, -0.2) is 12.7 Å². The number of piperidine rings is 1. The molecule has 1 aromatic rings. The van der Waals surface area contributed by atoms with Crippen molar-refractivity contribution in [3.05, 3.63) is 31.8 Å². The van der Waals surface area contributed by atoms with Gasteiger partial charge in [0.2, 0.25) is 10.0 Å². The Morgan fingerprint density at radius 2 is 2.19 bits per heavy atom. The standard InChI is InChI=1S/C14H17BrINO3S/c1-21(19,20)17-6-2-3-10(9-17)7-14(18)12-8-11(15)4-5-13(12)16/h4-5,8,10H,2-3,6-7,9H2,1H3. The van der Waals surface area contributed by atoms with Gasteiger partial charge in [-0.15, -0.1) is 0 Å². The molecule has 116 valence electrons. The van der Waals surface area contributed by atoms with Crippen LogP contribution >= 0.6 is 38.5 Å². The van der Waals surface area contributed by atoms with Crippen molar-refractivity contribution in [1.29, 1.82) is 0 Å². The fourth-order valence-electron chi connectivity index (χ4n) is 2.58. The van der Waals surface area contributed by atoms with Crippen molar-refractivity contribution in [1.82, 2.24) is 4.31 Å². The topological polar surface area (TPSA) is 54.5 Å². The summed E-state index contributed by atoms with van der Waals surface area (Å²) in [6, 6.07) is 5.65. The second-order valence-electron chi connectivity index (χ2n) is 5.38. The van der Waals surface area contributed by atoms with Crippen LogP contribution in [-0.2, 0) is 10.0 Å². The quantitative estimate of drug-likeness (QED) is 0.485. The van der Waals surface area contributed by atoms with E-state index in [1.807, 2.05) is 18.2 Å². The second-order valence-corrected chi connectivity index (χ2v) is 9.44.